The van der Waals surface area contributed by atoms with Gasteiger partial charge in [-0.2, -0.15) is 0 Å². The Kier molecular flexibility index (Phi) is 2.10. The highest BCUT2D eigenvalue weighted by atomic mass is 14.3. The Balaban J connectivity index is 2.31. The molecule has 9 heavy (non-hydrogen) atoms. The van der Waals surface area contributed by atoms with E-state index in [1.54, 1.807) is 5.57 Å². The van der Waals surface area contributed by atoms with Crippen LogP contribution in [0.3, 0.4) is 0 Å². The molecule has 0 aliphatic heterocycles. The van der Waals surface area contributed by atoms with Crippen molar-refractivity contribution in [1.82, 2.24) is 0 Å². The molecule has 1 rings (SSSR count). The van der Waals surface area contributed by atoms with E-state index in [0.29, 0.717) is 0 Å². The van der Waals surface area contributed by atoms with E-state index >= 15 is 0 Å². The molecule has 1 unspecified atom stereocenters. The molecule has 1 aliphatic rings. The van der Waals surface area contributed by atoms with Gasteiger partial charge in [-0.05, 0) is 25.7 Å². The minimum atomic E-state index is 0.932. The minimum absolute atomic E-state index is 0.932. The average molecular weight is 122 g/mol. The lowest BCUT2D eigenvalue weighted by molar-refractivity contribution is 0.826. The molecule has 0 bridgehead atoms. The van der Waals surface area contributed by atoms with Crippen molar-refractivity contribution in [2.75, 3.05) is 0 Å². The lowest BCUT2D eigenvalue weighted by atomic mass is 10.3. The number of hydrogen-bond acceptors (Lipinski definition) is 0. The number of hydrogen-bond donors (Lipinski definition) is 0. The fraction of sp³-hybridized carbons (Fsp3) is 0.556. The highest BCUT2D eigenvalue weighted by molar-refractivity contribution is 5.27. The van der Waals surface area contributed by atoms with Crippen LogP contribution in [0.25, 0.3) is 0 Å². The predicted octanol–water partition coefficient (Wildman–Crippen LogP) is 2.92. The zero-order chi connectivity index (χ0) is 6.69. The Morgan fingerprint density at radius 1 is 1.67 bits per heavy atom. The standard InChI is InChI=1S/C9H14/c1-3-5-6-9-7-8(9)4-2/h3,5-6,8H,4,7H2,1-2H3. The van der Waals surface area contributed by atoms with Gasteiger partial charge in [-0.1, -0.05) is 30.7 Å². The number of rotatable bonds is 2. The van der Waals surface area contributed by atoms with Gasteiger partial charge in [0.05, 0.1) is 0 Å². The highest BCUT2D eigenvalue weighted by Gasteiger charge is 2.25. The van der Waals surface area contributed by atoms with Gasteiger partial charge in [0.15, 0.2) is 0 Å². The molecule has 0 nitrogen and oxygen atoms in total. The summed E-state index contributed by atoms with van der Waals surface area (Å²) in [5.74, 6) is 0.932. The van der Waals surface area contributed by atoms with Crippen LogP contribution in [0.4, 0.5) is 0 Å². The van der Waals surface area contributed by atoms with E-state index in [-0.39, 0.29) is 0 Å². The maximum absolute atomic E-state index is 2.25. The van der Waals surface area contributed by atoms with Crippen molar-refractivity contribution in [3.8, 4) is 0 Å². The predicted molar refractivity (Wildman–Crippen MR) is 41.3 cm³/mol. The molecular formula is C9H14. The first-order valence-corrected chi connectivity index (χ1v) is 3.70. The first kappa shape index (κ1) is 6.60. The van der Waals surface area contributed by atoms with Crippen molar-refractivity contribution >= 4 is 0 Å². The fourth-order valence-electron chi connectivity index (χ4n) is 1.06. The van der Waals surface area contributed by atoms with E-state index < -0.39 is 0 Å². The second-order valence-corrected chi connectivity index (χ2v) is 2.58. The minimum Gasteiger partial charge on any atom is -0.0877 e. The molecule has 0 amide bonds. The van der Waals surface area contributed by atoms with Gasteiger partial charge in [-0.25, -0.2) is 0 Å². The summed E-state index contributed by atoms with van der Waals surface area (Å²) in [6, 6.07) is 0. The normalized spacial score (nSPS) is 30.0. The zero-order valence-electron chi connectivity index (χ0n) is 6.22. The lowest BCUT2D eigenvalue weighted by Crippen LogP contribution is -1.63. The van der Waals surface area contributed by atoms with Crippen molar-refractivity contribution in [3.05, 3.63) is 23.8 Å². The summed E-state index contributed by atoms with van der Waals surface area (Å²) in [4.78, 5) is 0. The van der Waals surface area contributed by atoms with Crippen LogP contribution < -0.4 is 0 Å². The van der Waals surface area contributed by atoms with Gasteiger partial charge in [-0.15, -0.1) is 0 Å². The van der Waals surface area contributed by atoms with Gasteiger partial charge in [-0.3, -0.25) is 0 Å². The van der Waals surface area contributed by atoms with Gasteiger partial charge in [0, 0.05) is 0 Å². The van der Waals surface area contributed by atoms with Crippen molar-refractivity contribution in [1.29, 1.82) is 0 Å². The molecule has 1 fully saturated rings. The van der Waals surface area contributed by atoms with Crippen LogP contribution in [0.15, 0.2) is 23.8 Å². The van der Waals surface area contributed by atoms with Crippen LogP contribution in [-0.4, -0.2) is 0 Å². The third-order valence-corrected chi connectivity index (χ3v) is 1.84. The number of allylic oxidation sites excluding steroid dienone is 4. The molecule has 1 aliphatic carbocycles. The molecule has 1 atom stereocenters. The maximum atomic E-state index is 2.25. The van der Waals surface area contributed by atoms with Crippen LogP contribution in [0.5, 0.6) is 0 Å². The molecule has 0 aromatic heterocycles. The van der Waals surface area contributed by atoms with Crippen LogP contribution >= 0.6 is 0 Å². The Labute approximate surface area is 57.3 Å². The smallest absolute Gasteiger partial charge is 0.0165 e. The summed E-state index contributed by atoms with van der Waals surface area (Å²) in [5, 5.41) is 0. The second-order valence-electron chi connectivity index (χ2n) is 2.58. The summed E-state index contributed by atoms with van der Waals surface area (Å²) in [7, 11) is 0. The first-order valence-electron chi connectivity index (χ1n) is 3.70. The zero-order valence-corrected chi connectivity index (χ0v) is 6.22. The van der Waals surface area contributed by atoms with E-state index in [2.05, 4.69) is 32.1 Å². The summed E-state index contributed by atoms with van der Waals surface area (Å²) in [5.41, 5.74) is 1.63. The van der Waals surface area contributed by atoms with Gasteiger partial charge < -0.3 is 0 Å². The summed E-state index contributed by atoms with van der Waals surface area (Å²) in [6.07, 6.45) is 9.13. The molecule has 0 saturated heterocycles. The van der Waals surface area contributed by atoms with Gasteiger partial charge >= 0.3 is 0 Å². The monoisotopic (exact) mass is 122 g/mol. The Morgan fingerprint density at radius 3 is 2.89 bits per heavy atom. The molecule has 0 N–H and O–H groups in total. The SMILES string of the molecule is CC=CC=C1CC1CC. The van der Waals surface area contributed by atoms with Gasteiger partial charge in [0.2, 0.25) is 0 Å². The molecule has 0 radical (unpaired) electrons. The van der Waals surface area contributed by atoms with E-state index in [1.807, 2.05) is 0 Å². The Bertz CT molecular complexity index is 140. The molecular weight excluding hydrogens is 108 g/mol. The van der Waals surface area contributed by atoms with Crippen molar-refractivity contribution in [2.45, 2.75) is 26.7 Å². The topological polar surface area (TPSA) is 0 Å². The van der Waals surface area contributed by atoms with E-state index in [0.717, 1.165) is 5.92 Å². The van der Waals surface area contributed by atoms with Crippen LogP contribution in [0.2, 0.25) is 0 Å². The Morgan fingerprint density at radius 2 is 2.44 bits per heavy atom. The molecule has 0 spiro atoms. The molecule has 0 heterocycles. The lowest BCUT2D eigenvalue weighted by Gasteiger charge is -1.77. The molecule has 0 heteroatoms. The van der Waals surface area contributed by atoms with Gasteiger partial charge in [0.25, 0.3) is 0 Å². The highest BCUT2D eigenvalue weighted by Crippen LogP contribution is 2.39. The third kappa shape index (κ3) is 1.70. The third-order valence-electron chi connectivity index (χ3n) is 1.84. The van der Waals surface area contributed by atoms with E-state index in [9.17, 15) is 0 Å². The largest absolute Gasteiger partial charge is 0.0877 e. The maximum Gasteiger partial charge on any atom is -0.0165 e. The fourth-order valence-corrected chi connectivity index (χ4v) is 1.06. The molecule has 0 aromatic carbocycles. The summed E-state index contributed by atoms with van der Waals surface area (Å²) < 4.78 is 0. The summed E-state index contributed by atoms with van der Waals surface area (Å²) in [6.45, 7) is 4.31. The second kappa shape index (κ2) is 2.86. The van der Waals surface area contributed by atoms with Crippen LogP contribution in [-0.2, 0) is 0 Å². The first-order chi connectivity index (χ1) is 4.38. The van der Waals surface area contributed by atoms with Gasteiger partial charge in [0.1, 0.15) is 0 Å². The van der Waals surface area contributed by atoms with E-state index in [4.69, 9.17) is 0 Å². The van der Waals surface area contributed by atoms with Crippen molar-refractivity contribution in [2.24, 2.45) is 5.92 Å². The average Bonchev–Trinajstić information content (AvgIpc) is 2.62. The molecule has 1 saturated carbocycles. The van der Waals surface area contributed by atoms with Crippen molar-refractivity contribution < 1.29 is 0 Å². The van der Waals surface area contributed by atoms with E-state index in [1.165, 1.54) is 12.8 Å². The quantitative estimate of drug-likeness (QED) is 0.528. The Hall–Kier alpha value is -0.520. The van der Waals surface area contributed by atoms with Crippen molar-refractivity contribution in [3.63, 3.8) is 0 Å². The molecule has 50 valence electrons. The summed E-state index contributed by atoms with van der Waals surface area (Å²) >= 11 is 0. The molecule has 0 aromatic rings. The van der Waals surface area contributed by atoms with Crippen LogP contribution in [0.1, 0.15) is 26.7 Å². The van der Waals surface area contributed by atoms with Crippen LogP contribution in [0, 0.1) is 5.92 Å².